The van der Waals surface area contributed by atoms with Gasteiger partial charge in [-0.15, -0.1) is 12.6 Å². The van der Waals surface area contributed by atoms with E-state index in [0.29, 0.717) is 0 Å². The van der Waals surface area contributed by atoms with Gasteiger partial charge in [0.05, 0.1) is 5.55 Å². The lowest BCUT2D eigenvalue weighted by molar-refractivity contribution is 0.811. The fraction of sp³-hybridized carbons (Fsp3) is 0.800. The largest absolute Gasteiger partial charge is 0.287 e. The van der Waals surface area contributed by atoms with Crippen LogP contribution in [0.1, 0.15) is 19.8 Å². The highest BCUT2D eigenvalue weighted by atomic mass is 32.1. The lowest BCUT2D eigenvalue weighted by atomic mass is 10.3. The Kier molecular flexibility index (Phi) is 6.04. The molecule has 42 valence electrons. The number of thiol groups is 1. The zero-order valence-electron chi connectivity index (χ0n) is 4.59. The first-order chi connectivity index (χ1) is 3.41. The molecule has 0 aliphatic rings. The van der Waals surface area contributed by atoms with Crippen molar-refractivity contribution in [2.45, 2.75) is 19.8 Å². The zero-order valence-corrected chi connectivity index (χ0v) is 5.49. The lowest BCUT2D eigenvalue weighted by Crippen LogP contribution is -1.75. The van der Waals surface area contributed by atoms with Crippen LogP contribution in [0.15, 0.2) is 4.99 Å². The lowest BCUT2D eigenvalue weighted by Gasteiger charge is -1.84. The predicted molar refractivity (Wildman–Crippen MR) is 37.3 cm³/mol. The maximum atomic E-state index is 3.90. The molecule has 0 fully saturated rings. The van der Waals surface area contributed by atoms with Crippen LogP contribution in [0, 0.1) is 0 Å². The summed E-state index contributed by atoms with van der Waals surface area (Å²) in [6, 6.07) is 0. The minimum atomic E-state index is 0.931. The van der Waals surface area contributed by atoms with E-state index in [2.05, 4.69) is 24.5 Å². The predicted octanol–water partition coefficient (Wildman–Crippen LogP) is 1.74. The van der Waals surface area contributed by atoms with Gasteiger partial charge in [-0.2, -0.15) is 0 Å². The topological polar surface area (TPSA) is 12.4 Å². The van der Waals surface area contributed by atoms with E-state index in [1.165, 1.54) is 12.8 Å². The van der Waals surface area contributed by atoms with Gasteiger partial charge in [-0.05, 0) is 6.42 Å². The van der Waals surface area contributed by atoms with E-state index in [4.69, 9.17) is 0 Å². The van der Waals surface area contributed by atoms with Crippen molar-refractivity contribution in [3.8, 4) is 0 Å². The highest BCUT2D eigenvalue weighted by Gasteiger charge is 1.73. The molecule has 0 spiro atoms. The monoisotopic (exact) mass is 117 g/mol. The van der Waals surface area contributed by atoms with E-state index < -0.39 is 0 Å². The fourth-order valence-electron chi connectivity index (χ4n) is 0.307. The van der Waals surface area contributed by atoms with Crippen molar-refractivity contribution < 1.29 is 0 Å². The Hall–Kier alpha value is 0.0200. The molecule has 0 aromatic heterocycles. The molecule has 0 unspecified atom stereocenters. The van der Waals surface area contributed by atoms with Crippen LogP contribution in [0.25, 0.3) is 0 Å². The quantitative estimate of drug-likeness (QED) is 0.250. The first-order valence-corrected chi connectivity index (χ1v) is 3.06. The van der Waals surface area contributed by atoms with Gasteiger partial charge in [-0.1, -0.05) is 13.3 Å². The SMILES string of the molecule is CCCC/N=C\S. The number of hydrogen-bond acceptors (Lipinski definition) is 1. The van der Waals surface area contributed by atoms with Crippen LogP contribution in [0.3, 0.4) is 0 Å². The maximum absolute atomic E-state index is 3.90. The van der Waals surface area contributed by atoms with Gasteiger partial charge < -0.3 is 0 Å². The van der Waals surface area contributed by atoms with E-state index in [0.717, 1.165) is 6.54 Å². The molecule has 1 nitrogen and oxygen atoms in total. The van der Waals surface area contributed by atoms with Crippen LogP contribution >= 0.6 is 12.6 Å². The maximum Gasteiger partial charge on any atom is 0.0510 e. The van der Waals surface area contributed by atoms with Crippen LogP contribution in [0.2, 0.25) is 0 Å². The van der Waals surface area contributed by atoms with E-state index in [9.17, 15) is 0 Å². The number of nitrogens with zero attached hydrogens (tertiary/aromatic N) is 1. The summed E-state index contributed by atoms with van der Waals surface area (Å²) in [6.45, 7) is 3.08. The van der Waals surface area contributed by atoms with Gasteiger partial charge in [0.2, 0.25) is 0 Å². The van der Waals surface area contributed by atoms with E-state index in [1.807, 2.05) is 0 Å². The summed E-state index contributed by atoms with van der Waals surface area (Å²) >= 11 is 3.80. The molecule has 0 heterocycles. The summed E-state index contributed by atoms with van der Waals surface area (Å²) in [7, 11) is 0. The second kappa shape index (κ2) is 6.02. The Labute approximate surface area is 50.2 Å². The molecular formula is C5H11NS. The molecule has 0 atom stereocenters. The van der Waals surface area contributed by atoms with Crippen molar-refractivity contribution in [2.24, 2.45) is 4.99 Å². The Morgan fingerprint density at radius 2 is 2.43 bits per heavy atom. The van der Waals surface area contributed by atoms with Gasteiger partial charge in [0.1, 0.15) is 0 Å². The third kappa shape index (κ3) is 6.02. The summed E-state index contributed by atoms with van der Waals surface area (Å²) < 4.78 is 0. The Bertz CT molecular complexity index is 52.0. The highest BCUT2D eigenvalue weighted by molar-refractivity contribution is 7.94. The summed E-state index contributed by atoms with van der Waals surface area (Å²) in [5, 5.41) is 0. The second-order valence-corrected chi connectivity index (χ2v) is 1.61. The standard InChI is InChI=1S/C5H11NS/c1-2-3-4-6-5-7/h5H,2-4H2,1H3,(H,6,7). The third-order valence-electron chi connectivity index (χ3n) is 0.722. The van der Waals surface area contributed by atoms with Crippen molar-refractivity contribution in [3.05, 3.63) is 0 Å². The van der Waals surface area contributed by atoms with Gasteiger partial charge in [0, 0.05) is 6.54 Å². The third-order valence-corrected chi connectivity index (χ3v) is 0.886. The minimum absolute atomic E-state index is 0.931. The molecule has 0 saturated heterocycles. The summed E-state index contributed by atoms with van der Waals surface area (Å²) in [5.74, 6) is 0. The second-order valence-electron chi connectivity index (χ2n) is 1.38. The van der Waals surface area contributed by atoms with Crippen molar-refractivity contribution in [2.75, 3.05) is 6.54 Å². The first-order valence-electron chi connectivity index (χ1n) is 2.54. The minimum Gasteiger partial charge on any atom is -0.287 e. The van der Waals surface area contributed by atoms with Gasteiger partial charge in [-0.3, -0.25) is 4.99 Å². The first kappa shape index (κ1) is 7.02. The van der Waals surface area contributed by atoms with Crippen molar-refractivity contribution in [1.82, 2.24) is 0 Å². The number of rotatable bonds is 3. The van der Waals surface area contributed by atoms with Gasteiger partial charge in [0.25, 0.3) is 0 Å². The van der Waals surface area contributed by atoms with Crippen LogP contribution in [-0.2, 0) is 0 Å². The molecule has 2 heteroatoms. The molecule has 0 amide bonds. The van der Waals surface area contributed by atoms with E-state index >= 15 is 0 Å². The van der Waals surface area contributed by atoms with Gasteiger partial charge in [0.15, 0.2) is 0 Å². The number of hydrogen-bond donors (Lipinski definition) is 1. The summed E-state index contributed by atoms with van der Waals surface area (Å²) in [6.07, 6.45) is 2.39. The van der Waals surface area contributed by atoms with E-state index in [1.54, 1.807) is 5.55 Å². The molecule has 0 radical (unpaired) electrons. The average molecular weight is 117 g/mol. The zero-order chi connectivity index (χ0) is 5.54. The van der Waals surface area contributed by atoms with Crippen LogP contribution < -0.4 is 0 Å². The molecule has 0 saturated carbocycles. The molecule has 0 rings (SSSR count). The van der Waals surface area contributed by atoms with Crippen molar-refractivity contribution in [1.29, 1.82) is 0 Å². The smallest absolute Gasteiger partial charge is 0.0510 e. The van der Waals surface area contributed by atoms with Gasteiger partial charge >= 0.3 is 0 Å². The number of unbranched alkanes of at least 4 members (excludes halogenated alkanes) is 1. The highest BCUT2D eigenvalue weighted by Crippen LogP contribution is 1.85. The Morgan fingerprint density at radius 3 is 2.86 bits per heavy atom. The van der Waals surface area contributed by atoms with Crippen molar-refractivity contribution >= 4 is 18.2 Å². The van der Waals surface area contributed by atoms with E-state index in [-0.39, 0.29) is 0 Å². The summed E-state index contributed by atoms with van der Waals surface area (Å²) in [5.41, 5.74) is 1.55. The van der Waals surface area contributed by atoms with Crippen molar-refractivity contribution in [3.63, 3.8) is 0 Å². The fourth-order valence-corrected chi connectivity index (χ4v) is 0.423. The van der Waals surface area contributed by atoms with Gasteiger partial charge in [-0.25, -0.2) is 0 Å². The molecule has 7 heavy (non-hydrogen) atoms. The molecule has 0 aliphatic carbocycles. The van der Waals surface area contributed by atoms with Crippen LogP contribution in [0.5, 0.6) is 0 Å². The normalized spacial score (nSPS) is 10.6. The molecule has 0 aromatic rings. The molecular weight excluding hydrogens is 106 g/mol. The van der Waals surface area contributed by atoms with Crippen LogP contribution in [-0.4, -0.2) is 12.1 Å². The van der Waals surface area contributed by atoms with Crippen LogP contribution in [0.4, 0.5) is 0 Å². The molecule has 0 bridgehead atoms. The number of aliphatic imine (C=N–C) groups is 1. The molecule has 0 aromatic carbocycles. The molecule has 0 N–H and O–H groups in total. The Morgan fingerprint density at radius 1 is 1.71 bits per heavy atom. The Balaban J connectivity index is 2.69. The average Bonchev–Trinajstić information content (AvgIpc) is 1.69. The summed E-state index contributed by atoms with van der Waals surface area (Å²) in [4.78, 5) is 3.90. The molecule has 0 aliphatic heterocycles.